The Hall–Kier alpha value is -1.14. The molecule has 0 heterocycles. The number of hydrogen-bond donors (Lipinski definition) is 1. The molecular formula is C15H22N2O2S2. The Morgan fingerprint density at radius 3 is 2.43 bits per heavy atom. The van der Waals surface area contributed by atoms with E-state index in [1.54, 1.807) is 0 Å². The fourth-order valence-electron chi connectivity index (χ4n) is 2.93. The Bertz CT molecular complexity index is 611. The molecule has 2 N–H and O–H groups in total. The number of thiocarbonyl (C=S) groups is 1. The molecule has 2 unspecified atom stereocenters. The summed E-state index contributed by atoms with van der Waals surface area (Å²) in [6, 6.07) is 8.04. The lowest BCUT2D eigenvalue weighted by Crippen LogP contribution is -2.40. The SMILES string of the molecule is CN(c1ccc(C(N)=S)cc1)C1CCCC(S(C)(=O)=O)C1. The number of hydrogen-bond acceptors (Lipinski definition) is 4. The molecule has 6 heteroatoms. The van der Waals surface area contributed by atoms with Crippen LogP contribution in [0.15, 0.2) is 24.3 Å². The predicted molar refractivity (Wildman–Crippen MR) is 91.6 cm³/mol. The molecule has 1 aliphatic carbocycles. The van der Waals surface area contributed by atoms with Gasteiger partial charge >= 0.3 is 0 Å². The summed E-state index contributed by atoms with van der Waals surface area (Å²) in [7, 11) is -0.934. The quantitative estimate of drug-likeness (QED) is 0.859. The normalized spacial score (nSPS) is 22.8. The minimum absolute atomic E-state index is 0.213. The first-order chi connectivity index (χ1) is 9.79. The van der Waals surface area contributed by atoms with Crippen LogP contribution in [0.25, 0.3) is 0 Å². The lowest BCUT2D eigenvalue weighted by Gasteiger charge is -2.36. The lowest BCUT2D eigenvalue weighted by molar-refractivity contribution is 0.422. The molecule has 0 aromatic heterocycles. The highest BCUT2D eigenvalue weighted by molar-refractivity contribution is 7.91. The first kappa shape index (κ1) is 16.2. The maximum atomic E-state index is 11.8. The van der Waals surface area contributed by atoms with Crippen molar-refractivity contribution in [2.75, 3.05) is 18.2 Å². The average molecular weight is 326 g/mol. The van der Waals surface area contributed by atoms with Crippen LogP contribution >= 0.6 is 12.2 Å². The molecule has 0 bridgehead atoms. The number of benzene rings is 1. The molecule has 21 heavy (non-hydrogen) atoms. The second-order valence-corrected chi connectivity index (χ2v) is 8.56. The Kier molecular flexibility index (Phi) is 4.88. The van der Waals surface area contributed by atoms with Crippen LogP contribution in [0.3, 0.4) is 0 Å². The van der Waals surface area contributed by atoms with E-state index in [1.165, 1.54) is 6.26 Å². The van der Waals surface area contributed by atoms with Crippen LogP contribution in [0.5, 0.6) is 0 Å². The van der Waals surface area contributed by atoms with E-state index in [2.05, 4.69) is 4.90 Å². The van der Waals surface area contributed by atoms with Crippen LogP contribution in [0.2, 0.25) is 0 Å². The van der Waals surface area contributed by atoms with Gasteiger partial charge in [0, 0.05) is 30.6 Å². The molecule has 1 saturated carbocycles. The van der Waals surface area contributed by atoms with Gasteiger partial charge in [-0.1, -0.05) is 18.6 Å². The molecule has 1 aromatic carbocycles. The zero-order valence-electron chi connectivity index (χ0n) is 12.5. The third-order valence-corrected chi connectivity index (χ3v) is 6.19. The van der Waals surface area contributed by atoms with E-state index in [1.807, 2.05) is 31.3 Å². The van der Waals surface area contributed by atoms with Crippen molar-refractivity contribution in [2.24, 2.45) is 5.73 Å². The monoisotopic (exact) mass is 326 g/mol. The highest BCUT2D eigenvalue weighted by Crippen LogP contribution is 2.29. The molecule has 2 atom stereocenters. The highest BCUT2D eigenvalue weighted by Gasteiger charge is 2.30. The van der Waals surface area contributed by atoms with Gasteiger partial charge in [-0.2, -0.15) is 0 Å². The molecule has 116 valence electrons. The lowest BCUT2D eigenvalue weighted by atomic mass is 9.93. The fraction of sp³-hybridized carbons (Fsp3) is 0.533. The third kappa shape index (κ3) is 3.95. The molecule has 0 saturated heterocycles. The summed E-state index contributed by atoms with van der Waals surface area (Å²) in [6.07, 6.45) is 4.81. The van der Waals surface area contributed by atoms with E-state index in [0.717, 1.165) is 30.5 Å². The molecule has 0 amide bonds. The van der Waals surface area contributed by atoms with Gasteiger partial charge in [0.15, 0.2) is 0 Å². The molecule has 1 aliphatic rings. The summed E-state index contributed by atoms with van der Waals surface area (Å²) in [5.41, 5.74) is 7.51. The van der Waals surface area contributed by atoms with Gasteiger partial charge in [-0.25, -0.2) is 8.42 Å². The summed E-state index contributed by atoms with van der Waals surface area (Å²) < 4.78 is 23.5. The number of sulfone groups is 1. The van der Waals surface area contributed by atoms with Gasteiger partial charge in [0.1, 0.15) is 14.8 Å². The standard InChI is InChI=1S/C15H22N2O2S2/c1-17(12-8-6-11(7-9-12)15(16)20)13-4-3-5-14(10-13)21(2,18)19/h6-9,13-14H,3-5,10H2,1-2H3,(H2,16,20). The largest absolute Gasteiger partial charge is 0.389 e. The van der Waals surface area contributed by atoms with Crippen molar-refractivity contribution in [3.05, 3.63) is 29.8 Å². The van der Waals surface area contributed by atoms with Gasteiger partial charge in [0.05, 0.1) is 5.25 Å². The topological polar surface area (TPSA) is 63.4 Å². The van der Waals surface area contributed by atoms with Crippen LogP contribution in [-0.2, 0) is 9.84 Å². The van der Waals surface area contributed by atoms with Gasteiger partial charge in [0.2, 0.25) is 0 Å². The number of rotatable bonds is 4. The second kappa shape index (κ2) is 6.32. The van der Waals surface area contributed by atoms with E-state index in [4.69, 9.17) is 18.0 Å². The van der Waals surface area contributed by atoms with E-state index >= 15 is 0 Å². The first-order valence-corrected chi connectivity index (χ1v) is 9.47. The van der Waals surface area contributed by atoms with Gasteiger partial charge in [0.25, 0.3) is 0 Å². The molecule has 1 fully saturated rings. The summed E-state index contributed by atoms with van der Waals surface area (Å²) in [5, 5.41) is -0.213. The van der Waals surface area contributed by atoms with Gasteiger partial charge in [-0.15, -0.1) is 0 Å². The van der Waals surface area contributed by atoms with E-state index in [-0.39, 0.29) is 11.3 Å². The van der Waals surface area contributed by atoms with Crippen molar-refractivity contribution in [3.8, 4) is 0 Å². The van der Waals surface area contributed by atoms with Crippen LogP contribution < -0.4 is 10.6 Å². The van der Waals surface area contributed by atoms with Gasteiger partial charge < -0.3 is 10.6 Å². The summed E-state index contributed by atoms with van der Waals surface area (Å²) in [4.78, 5) is 2.56. The summed E-state index contributed by atoms with van der Waals surface area (Å²) >= 11 is 4.95. The molecular weight excluding hydrogens is 304 g/mol. The molecule has 0 radical (unpaired) electrons. The number of nitrogens with two attached hydrogens (primary N) is 1. The Morgan fingerprint density at radius 2 is 1.90 bits per heavy atom. The third-order valence-electron chi connectivity index (χ3n) is 4.31. The minimum Gasteiger partial charge on any atom is -0.389 e. The minimum atomic E-state index is -2.95. The Balaban J connectivity index is 2.12. The van der Waals surface area contributed by atoms with Crippen molar-refractivity contribution in [2.45, 2.75) is 37.0 Å². The summed E-state index contributed by atoms with van der Waals surface area (Å²) in [6.45, 7) is 0. The van der Waals surface area contributed by atoms with Crippen LogP contribution in [-0.4, -0.2) is 38.0 Å². The number of anilines is 1. The van der Waals surface area contributed by atoms with Crippen LogP contribution in [0, 0.1) is 0 Å². The molecule has 1 aromatic rings. The average Bonchev–Trinajstić information content (AvgIpc) is 2.46. The smallest absolute Gasteiger partial charge is 0.150 e. The second-order valence-electron chi connectivity index (χ2n) is 5.79. The van der Waals surface area contributed by atoms with Crippen molar-refractivity contribution < 1.29 is 8.42 Å². The molecule has 0 aliphatic heterocycles. The van der Waals surface area contributed by atoms with Gasteiger partial charge in [-0.05, 0) is 43.5 Å². The van der Waals surface area contributed by atoms with Crippen molar-refractivity contribution >= 4 is 32.7 Å². The van der Waals surface area contributed by atoms with Crippen molar-refractivity contribution in [3.63, 3.8) is 0 Å². The molecule has 4 nitrogen and oxygen atoms in total. The van der Waals surface area contributed by atoms with Crippen LogP contribution in [0.4, 0.5) is 5.69 Å². The fourth-order valence-corrected chi connectivity index (χ4v) is 4.24. The Morgan fingerprint density at radius 1 is 1.29 bits per heavy atom. The summed E-state index contributed by atoms with van der Waals surface area (Å²) in [5.74, 6) is 0. The van der Waals surface area contributed by atoms with Crippen molar-refractivity contribution in [1.29, 1.82) is 0 Å². The first-order valence-electron chi connectivity index (χ1n) is 7.10. The maximum Gasteiger partial charge on any atom is 0.150 e. The van der Waals surface area contributed by atoms with Crippen molar-refractivity contribution in [1.82, 2.24) is 0 Å². The highest BCUT2D eigenvalue weighted by atomic mass is 32.2. The predicted octanol–water partition coefficient (Wildman–Crippen LogP) is 2.11. The maximum absolute atomic E-state index is 11.8. The molecule has 0 spiro atoms. The Labute approximate surface area is 132 Å². The van der Waals surface area contributed by atoms with Gasteiger partial charge in [-0.3, -0.25) is 0 Å². The zero-order chi connectivity index (χ0) is 15.6. The number of nitrogens with zero attached hydrogens (tertiary/aromatic N) is 1. The van der Waals surface area contributed by atoms with E-state index in [9.17, 15) is 8.42 Å². The zero-order valence-corrected chi connectivity index (χ0v) is 14.1. The molecule has 2 rings (SSSR count). The van der Waals surface area contributed by atoms with E-state index in [0.29, 0.717) is 11.4 Å². The van der Waals surface area contributed by atoms with Crippen LogP contribution in [0.1, 0.15) is 31.2 Å². The van der Waals surface area contributed by atoms with E-state index < -0.39 is 9.84 Å².